The van der Waals surface area contributed by atoms with Gasteiger partial charge in [-0.15, -0.1) is 0 Å². The van der Waals surface area contributed by atoms with Crippen LogP contribution in [-0.4, -0.2) is 51.1 Å². The molecule has 0 aliphatic carbocycles. The Bertz CT molecular complexity index is 389. The molecule has 1 aromatic rings. The molecule has 2 rings (SSSR count). The molecule has 1 fully saturated rings. The summed E-state index contributed by atoms with van der Waals surface area (Å²) in [6.07, 6.45) is 2.40. The van der Waals surface area contributed by atoms with Crippen LogP contribution in [0.4, 0.5) is 0 Å². The summed E-state index contributed by atoms with van der Waals surface area (Å²) in [7, 11) is 3.36. The van der Waals surface area contributed by atoms with Crippen LogP contribution in [0.1, 0.15) is 31.4 Å². The Hall–Kier alpha value is -0.940. The molecule has 4 heteroatoms. The lowest BCUT2D eigenvalue weighted by Crippen LogP contribution is -2.44. The molecule has 0 spiro atoms. The van der Waals surface area contributed by atoms with Gasteiger partial charge in [0, 0.05) is 26.8 Å². The molecule has 1 aliphatic rings. The topological polar surface area (TPSA) is 33.7 Å². The lowest BCUT2D eigenvalue weighted by Gasteiger charge is -2.31. The summed E-state index contributed by atoms with van der Waals surface area (Å²) in [6, 6.07) is 11.3. The van der Waals surface area contributed by atoms with Gasteiger partial charge in [0.1, 0.15) is 0 Å². The minimum absolute atomic E-state index is 0.161. The van der Waals surface area contributed by atoms with Crippen molar-refractivity contribution in [2.45, 2.75) is 38.1 Å². The normalized spacial score (nSPS) is 19.0. The van der Waals surface area contributed by atoms with E-state index in [1.165, 1.54) is 31.5 Å². The Balaban J connectivity index is 1.99. The number of hydrogen-bond acceptors (Lipinski definition) is 4. The van der Waals surface area contributed by atoms with Crippen molar-refractivity contribution in [2.75, 3.05) is 33.9 Å². The van der Waals surface area contributed by atoms with Crippen LogP contribution in [-0.2, 0) is 9.47 Å². The first-order valence-corrected chi connectivity index (χ1v) is 7.84. The summed E-state index contributed by atoms with van der Waals surface area (Å²) in [4.78, 5) is 2.57. The fraction of sp³-hybridized carbons (Fsp3) is 0.647. The van der Waals surface area contributed by atoms with E-state index in [2.05, 4.69) is 47.5 Å². The molecule has 1 aliphatic heterocycles. The first kappa shape index (κ1) is 16.4. The summed E-state index contributed by atoms with van der Waals surface area (Å²) in [5.74, 6) is 0. The lowest BCUT2D eigenvalue weighted by molar-refractivity contribution is -0.119. The van der Waals surface area contributed by atoms with Gasteiger partial charge in [-0.25, -0.2) is 0 Å². The highest BCUT2D eigenvalue weighted by atomic mass is 16.7. The van der Waals surface area contributed by atoms with Crippen LogP contribution >= 0.6 is 0 Å². The number of rotatable bonds is 8. The van der Waals surface area contributed by atoms with Gasteiger partial charge in [0.2, 0.25) is 0 Å². The van der Waals surface area contributed by atoms with Gasteiger partial charge in [-0.2, -0.15) is 0 Å². The van der Waals surface area contributed by atoms with Crippen molar-refractivity contribution in [1.82, 2.24) is 10.2 Å². The van der Waals surface area contributed by atoms with Crippen LogP contribution in [0.2, 0.25) is 0 Å². The van der Waals surface area contributed by atoms with Gasteiger partial charge in [0.15, 0.2) is 6.29 Å². The molecule has 0 amide bonds. The van der Waals surface area contributed by atoms with E-state index in [1.54, 1.807) is 14.2 Å². The molecule has 1 heterocycles. The van der Waals surface area contributed by atoms with Gasteiger partial charge in [-0.05, 0) is 38.4 Å². The molecule has 0 saturated carbocycles. The van der Waals surface area contributed by atoms with Crippen LogP contribution in [0, 0.1) is 0 Å². The van der Waals surface area contributed by atoms with Crippen LogP contribution in [0.15, 0.2) is 30.3 Å². The molecule has 1 aromatic carbocycles. The zero-order valence-electron chi connectivity index (χ0n) is 13.4. The molecule has 2 unspecified atom stereocenters. The molecule has 1 saturated heterocycles. The van der Waals surface area contributed by atoms with Crippen LogP contribution < -0.4 is 5.32 Å². The van der Waals surface area contributed by atoms with E-state index in [-0.39, 0.29) is 12.3 Å². The fourth-order valence-electron chi connectivity index (χ4n) is 3.08. The minimum atomic E-state index is -0.208. The highest BCUT2D eigenvalue weighted by molar-refractivity contribution is 5.19. The highest BCUT2D eigenvalue weighted by Gasteiger charge is 2.25. The zero-order valence-corrected chi connectivity index (χ0v) is 13.4. The Morgan fingerprint density at radius 2 is 1.71 bits per heavy atom. The third kappa shape index (κ3) is 4.51. The Morgan fingerprint density at radius 1 is 1.10 bits per heavy atom. The second kappa shape index (κ2) is 8.49. The largest absolute Gasteiger partial charge is 0.354 e. The molecule has 1 N–H and O–H groups in total. The van der Waals surface area contributed by atoms with E-state index in [9.17, 15) is 0 Å². The Labute approximate surface area is 128 Å². The average Bonchev–Trinajstić information content (AvgIpc) is 3.04. The van der Waals surface area contributed by atoms with Gasteiger partial charge < -0.3 is 14.8 Å². The molecule has 118 valence electrons. The van der Waals surface area contributed by atoms with Crippen LogP contribution in [0.25, 0.3) is 0 Å². The average molecular weight is 292 g/mol. The number of likely N-dealkylation sites (tertiary alicyclic amines) is 1. The van der Waals surface area contributed by atoms with Crippen LogP contribution in [0.5, 0.6) is 0 Å². The Morgan fingerprint density at radius 3 is 2.29 bits per heavy atom. The number of methoxy groups -OCH3 is 2. The molecule has 4 nitrogen and oxygen atoms in total. The second-order valence-corrected chi connectivity index (χ2v) is 5.71. The summed E-state index contributed by atoms with van der Waals surface area (Å²) in [5, 5.41) is 3.57. The number of nitrogens with zero attached hydrogens (tertiary/aromatic N) is 1. The fourth-order valence-corrected chi connectivity index (χ4v) is 3.08. The van der Waals surface area contributed by atoms with Gasteiger partial charge >= 0.3 is 0 Å². The first-order chi connectivity index (χ1) is 10.3. The van der Waals surface area contributed by atoms with Crippen molar-refractivity contribution >= 4 is 0 Å². The maximum atomic E-state index is 5.33. The monoisotopic (exact) mass is 292 g/mol. The highest BCUT2D eigenvalue weighted by Crippen LogP contribution is 2.24. The maximum Gasteiger partial charge on any atom is 0.171 e. The molecular formula is C17H28N2O2. The van der Waals surface area contributed by atoms with Gasteiger partial charge in [-0.1, -0.05) is 30.3 Å². The smallest absolute Gasteiger partial charge is 0.171 e. The summed E-state index contributed by atoms with van der Waals surface area (Å²) >= 11 is 0. The van der Waals surface area contributed by atoms with Crippen molar-refractivity contribution < 1.29 is 9.47 Å². The number of hydrogen-bond donors (Lipinski definition) is 1. The van der Waals surface area contributed by atoms with E-state index >= 15 is 0 Å². The molecule has 2 atom stereocenters. The number of ether oxygens (including phenoxy) is 2. The first-order valence-electron chi connectivity index (χ1n) is 7.84. The molecular weight excluding hydrogens is 264 g/mol. The van der Waals surface area contributed by atoms with E-state index in [1.807, 2.05) is 0 Å². The lowest BCUT2D eigenvalue weighted by atomic mass is 10.1. The minimum Gasteiger partial charge on any atom is -0.354 e. The predicted molar refractivity (Wildman–Crippen MR) is 85.3 cm³/mol. The second-order valence-electron chi connectivity index (χ2n) is 5.71. The van der Waals surface area contributed by atoms with Gasteiger partial charge in [-0.3, -0.25) is 4.90 Å². The summed E-state index contributed by atoms with van der Waals surface area (Å²) in [6.45, 7) is 5.39. The standard InChI is InChI=1S/C17H28N2O2/c1-14(17(20-2)21-3)18-13-16(19-11-7-8-12-19)15-9-5-4-6-10-15/h4-6,9-10,14,16-18H,7-8,11-13H2,1-3H3. The SMILES string of the molecule is COC(OC)C(C)NCC(c1ccccc1)N1CCCC1. The molecule has 0 radical (unpaired) electrons. The quantitative estimate of drug-likeness (QED) is 0.746. The number of benzene rings is 1. The zero-order chi connectivity index (χ0) is 15.1. The summed E-state index contributed by atoms with van der Waals surface area (Å²) in [5.41, 5.74) is 1.38. The van der Waals surface area contributed by atoms with Crippen molar-refractivity contribution in [1.29, 1.82) is 0 Å². The third-order valence-electron chi connectivity index (χ3n) is 4.27. The van der Waals surface area contributed by atoms with Gasteiger partial charge in [0.05, 0.1) is 6.04 Å². The van der Waals surface area contributed by atoms with Gasteiger partial charge in [0.25, 0.3) is 0 Å². The third-order valence-corrected chi connectivity index (χ3v) is 4.27. The van der Waals surface area contributed by atoms with E-state index in [0.717, 1.165) is 6.54 Å². The summed E-state index contributed by atoms with van der Waals surface area (Å²) < 4.78 is 10.7. The Kier molecular flexibility index (Phi) is 6.64. The molecule has 21 heavy (non-hydrogen) atoms. The maximum absolute atomic E-state index is 5.33. The van der Waals surface area contributed by atoms with E-state index in [4.69, 9.17) is 9.47 Å². The van der Waals surface area contributed by atoms with Crippen molar-refractivity contribution in [3.63, 3.8) is 0 Å². The van der Waals surface area contributed by atoms with Crippen molar-refractivity contribution in [3.05, 3.63) is 35.9 Å². The predicted octanol–water partition coefficient (Wildman–Crippen LogP) is 2.42. The van der Waals surface area contributed by atoms with Crippen LogP contribution in [0.3, 0.4) is 0 Å². The molecule has 0 bridgehead atoms. The molecule has 0 aromatic heterocycles. The number of nitrogens with one attached hydrogen (secondary N) is 1. The van der Waals surface area contributed by atoms with E-state index < -0.39 is 0 Å². The van der Waals surface area contributed by atoms with Crippen molar-refractivity contribution in [3.8, 4) is 0 Å². The van der Waals surface area contributed by atoms with Crippen molar-refractivity contribution in [2.24, 2.45) is 0 Å². The van der Waals surface area contributed by atoms with E-state index in [0.29, 0.717) is 6.04 Å².